The van der Waals surface area contributed by atoms with Gasteiger partial charge >= 0.3 is 5.97 Å². The SMILES string of the molecule is Cc1cc(C)nc(C(=O)c2[nH]c3cc(Cl)ccc3c2CC(=O)O)c1. The lowest BCUT2D eigenvalue weighted by Gasteiger charge is -2.04. The van der Waals surface area contributed by atoms with E-state index in [1.54, 1.807) is 24.3 Å². The Morgan fingerprint density at radius 1 is 1.21 bits per heavy atom. The van der Waals surface area contributed by atoms with Crippen molar-refractivity contribution >= 4 is 34.3 Å². The van der Waals surface area contributed by atoms with Crippen molar-refractivity contribution in [1.29, 1.82) is 0 Å². The number of carboxylic acids is 1. The van der Waals surface area contributed by atoms with Crippen LogP contribution < -0.4 is 0 Å². The number of hydrogen-bond donors (Lipinski definition) is 2. The molecular formula is C18H15ClN2O3. The van der Waals surface area contributed by atoms with Crippen LogP contribution in [0.5, 0.6) is 0 Å². The Hall–Kier alpha value is -2.66. The summed E-state index contributed by atoms with van der Waals surface area (Å²) in [5.74, 6) is -1.33. The van der Waals surface area contributed by atoms with Gasteiger partial charge in [0.25, 0.3) is 0 Å². The predicted molar refractivity (Wildman–Crippen MR) is 91.8 cm³/mol. The van der Waals surface area contributed by atoms with Gasteiger partial charge in [-0.25, -0.2) is 4.98 Å². The third-order valence-corrected chi connectivity index (χ3v) is 3.99. The van der Waals surface area contributed by atoms with E-state index >= 15 is 0 Å². The second-order valence-electron chi connectivity index (χ2n) is 5.74. The molecule has 0 bridgehead atoms. The molecule has 0 radical (unpaired) electrons. The van der Waals surface area contributed by atoms with Gasteiger partial charge in [-0.1, -0.05) is 17.7 Å². The zero-order valence-electron chi connectivity index (χ0n) is 13.2. The fraction of sp³-hybridized carbons (Fsp3) is 0.167. The Morgan fingerprint density at radius 3 is 2.62 bits per heavy atom. The van der Waals surface area contributed by atoms with Gasteiger partial charge in [0.15, 0.2) is 0 Å². The highest BCUT2D eigenvalue weighted by molar-refractivity contribution is 6.31. The van der Waals surface area contributed by atoms with E-state index in [2.05, 4.69) is 9.97 Å². The fourth-order valence-electron chi connectivity index (χ4n) is 2.84. The number of hydrogen-bond acceptors (Lipinski definition) is 3. The summed E-state index contributed by atoms with van der Waals surface area (Å²) in [6.45, 7) is 3.70. The van der Waals surface area contributed by atoms with Gasteiger partial charge in [-0.15, -0.1) is 0 Å². The smallest absolute Gasteiger partial charge is 0.307 e. The van der Waals surface area contributed by atoms with Gasteiger partial charge in [-0.2, -0.15) is 0 Å². The number of aliphatic carboxylic acids is 1. The molecule has 0 saturated carbocycles. The molecule has 24 heavy (non-hydrogen) atoms. The highest BCUT2D eigenvalue weighted by Gasteiger charge is 2.22. The minimum atomic E-state index is -1.01. The van der Waals surface area contributed by atoms with Gasteiger partial charge in [0.2, 0.25) is 5.78 Å². The second kappa shape index (κ2) is 6.09. The Balaban J connectivity index is 2.20. The molecule has 0 amide bonds. The third kappa shape index (κ3) is 3.03. The molecule has 0 aliphatic rings. The highest BCUT2D eigenvalue weighted by atomic mass is 35.5. The molecule has 0 saturated heterocycles. The zero-order chi connectivity index (χ0) is 17.4. The Kier molecular flexibility index (Phi) is 4.11. The molecule has 0 fully saturated rings. The van der Waals surface area contributed by atoms with Crippen molar-refractivity contribution in [2.24, 2.45) is 0 Å². The van der Waals surface area contributed by atoms with Crippen LogP contribution in [0.3, 0.4) is 0 Å². The number of benzene rings is 1. The summed E-state index contributed by atoms with van der Waals surface area (Å²) in [4.78, 5) is 31.4. The minimum absolute atomic E-state index is 0.243. The summed E-state index contributed by atoms with van der Waals surface area (Å²) in [6, 6.07) is 8.64. The number of nitrogens with one attached hydrogen (secondary N) is 1. The van der Waals surface area contributed by atoms with Crippen LogP contribution in [0.2, 0.25) is 5.02 Å². The molecule has 0 spiro atoms. The van der Waals surface area contributed by atoms with Gasteiger partial charge in [0.05, 0.1) is 12.1 Å². The molecule has 0 unspecified atom stereocenters. The van der Waals surface area contributed by atoms with Crippen molar-refractivity contribution in [3.05, 3.63) is 63.6 Å². The van der Waals surface area contributed by atoms with Crippen LogP contribution in [-0.2, 0) is 11.2 Å². The first kappa shape index (κ1) is 16.2. The Bertz CT molecular complexity index is 956. The van der Waals surface area contributed by atoms with Crippen LogP contribution in [0.15, 0.2) is 30.3 Å². The summed E-state index contributed by atoms with van der Waals surface area (Å²) in [6.07, 6.45) is -0.256. The standard InChI is InChI=1S/C18H15ClN2O3/c1-9-5-10(2)20-15(6-9)18(24)17-13(8-16(22)23)12-4-3-11(19)7-14(12)21-17/h3-7,21H,8H2,1-2H3,(H,22,23). The van der Waals surface area contributed by atoms with Crippen LogP contribution in [0.25, 0.3) is 10.9 Å². The van der Waals surface area contributed by atoms with Crippen molar-refractivity contribution < 1.29 is 14.7 Å². The van der Waals surface area contributed by atoms with Crippen LogP contribution in [0.4, 0.5) is 0 Å². The topological polar surface area (TPSA) is 83.0 Å². The van der Waals surface area contributed by atoms with Crippen LogP contribution >= 0.6 is 11.6 Å². The van der Waals surface area contributed by atoms with Crippen molar-refractivity contribution in [3.63, 3.8) is 0 Å². The number of fused-ring (bicyclic) bond motifs is 1. The van der Waals surface area contributed by atoms with Gasteiger partial charge in [0.1, 0.15) is 5.69 Å². The van der Waals surface area contributed by atoms with Crippen molar-refractivity contribution in [2.45, 2.75) is 20.3 Å². The van der Waals surface area contributed by atoms with Gasteiger partial charge < -0.3 is 10.1 Å². The molecule has 6 heteroatoms. The summed E-state index contributed by atoms with van der Waals surface area (Å²) in [5, 5.41) is 10.4. The zero-order valence-corrected chi connectivity index (χ0v) is 13.9. The monoisotopic (exact) mass is 342 g/mol. The number of nitrogens with zero attached hydrogens (tertiary/aromatic N) is 1. The van der Waals surface area contributed by atoms with Crippen molar-refractivity contribution in [3.8, 4) is 0 Å². The number of aryl methyl sites for hydroxylation is 2. The summed E-state index contributed by atoms with van der Waals surface area (Å²) < 4.78 is 0. The lowest BCUT2D eigenvalue weighted by atomic mass is 10.0. The van der Waals surface area contributed by atoms with Crippen molar-refractivity contribution in [2.75, 3.05) is 0 Å². The quantitative estimate of drug-likeness (QED) is 0.708. The first-order valence-electron chi connectivity index (χ1n) is 7.37. The molecule has 0 aliphatic heterocycles. The summed E-state index contributed by atoms with van der Waals surface area (Å²) in [5.41, 5.74) is 3.26. The Morgan fingerprint density at radius 2 is 1.96 bits per heavy atom. The number of carbonyl (C=O) groups excluding carboxylic acids is 1. The minimum Gasteiger partial charge on any atom is -0.481 e. The number of halogens is 1. The first-order valence-corrected chi connectivity index (χ1v) is 7.75. The van der Waals surface area contributed by atoms with E-state index in [0.29, 0.717) is 21.5 Å². The van der Waals surface area contributed by atoms with Crippen LogP contribution in [0, 0.1) is 13.8 Å². The van der Waals surface area contributed by atoms with Gasteiger partial charge in [0, 0.05) is 27.2 Å². The number of rotatable bonds is 4. The molecule has 122 valence electrons. The van der Waals surface area contributed by atoms with Crippen LogP contribution in [0.1, 0.15) is 33.0 Å². The van der Waals surface area contributed by atoms with Gasteiger partial charge in [-0.3, -0.25) is 9.59 Å². The molecular weight excluding hydrogens is 328 g/mol. The maximum absolute atomic E-state index is 12.9. The molecule has 2 heterocycles. The number of aromatic amines is 1. The summed E-state index contributed by atoms with van der Waals surface area (Å²) in [7, 11) is 0. The van der Waals surface area contributed by atoms with Gasteiger partial charge in [-0.05, 0) is 43.7 Å². The van der Waals surface area contributed by atoms with E-state index in [9.17, 15) is 14.7 Å². The molecule has 0 aliphatic carbocycles. The largest absolute Gasteiger partial charge is 0.481 e. The normalized spacial score (nSPS) is 11.0. The van der Waals surface area contributed by atoms with E-state index in [1.807, 2.05) is 19.9 Å². The molecule has 3 rings (SSSR count). The number of pyridine rings is 1. The van der Waals surface area contributed by atoms with Crippen molar-refractivity contribution in [1.82, 2.24) is 9.97 Å². The maximum atomic E-state index is 12.9. The highest BCUT2D eigenvalue weighted by Crippen LogP contribution is 2.27. The molecule has 5 nitrogen and oxygen atoms in total. The Labute approximate surface area is 143 Å². The number of ketones is 1. The van der Waals surface area contributed by atoms with E-state index in [0.717, 1.165) is 11.3 Å². The maximum Gasteiger partial charge on any atom is 0.307 e. The average Bonchev–Trinajstić information content (AvgIpc) is 2.82. The van der Waals surface area contributed by atoms with E-state index in [1.165, 1.54) is 0 Å². The molecule has 2 aromatic heterocycles. The number of carboxylic acid groups (broad SMARTS) is 1. The lowest BCUT2D eigenvalue weighted by molar-refractivity contribution is -0.136. The summed E-state index contributed by atoms with van der Waals surface area (Å²) >= 11 is 5.99. The predicted octanol–water partition coefficient (Wildman–Crippen LogP) is 3.69. The third-order valence-electron chi connectivity index (χ3n) is 3.75. The molecule has 2 N–H and O–H groups in total. The first-order chi connectivity index (χ1) is 11.3. The van der Waals surface area contributed by atoms with E-state index in [4.69, 9.17) is 11.6 Å². The lowest BCUT2D eigenvalue weighted by Crippen LogP contribution is -2.11. The fourth-order valence-corrected chi connectivity index (χ4v) is 3.01. The average molecular weight is 343 g/mol. The van der Waals surface area contributed by atoms with Crippen LogP contribution in [-0.4, -0.2) is 26.8 Å². The molecule has 0 atom stereocenters. The van der Waals surface area contributed by atoms with E-state index in [-0.39, 0.29) is 23.6 Å². The second-order valence-corrected chi connectivity index (χ2v) is 6.18. The number of H-pyrrole nitrogens is 1. The molecule has 1 aromatic carbocycles. The molecule has 3 aromatic rings. The number of carbonyl (C=O) groups is 2. The number of aromatic nitrogens is 2. The van der Waals surface area contributed by atoms with E-state index < -0.39 is 5.97 Å².